The molecule has 0 bridgehead atoms. The van der Waals surface area contributed by atoms with Gasteiger partial charge in [-0.1, -0.05) is 22.8 Å². The second-order valence-corrected chi connectivity index (χ2v) is 7.97. The molecule has 0 aliphatic carbocycles. The number of para-hydroxylation sites is 1. The highest BCUT2D eigenvalue weighted by Gasteiger charge is 2.27. The SMILES string of the molecule is Cc1c2c(-c3noc(C4CCCS4)n3)ncn2c2cccc(Cl)c2[n+]1[O-]. The largest absolute Gasteiger partial charge is 0.618 e. The van der Waals surface area contributed by atoms with E-state index in [0.717, 1.165) is 23.3 Å². The van der Waals surface area contributed by atoms with Crippen molar-refractivity contribution in [3.63, 3.8) is 0 Å². The van der Waals surface area contributed by atoms with Crippen LogP contribution in [0, 0.1) is 12.1 Å². The molecule has 4 heterocycles. The van der Waals surface area contributed by atoms with Gasteiger partial charge in [-0.25, -0.2) is 4.98 Å². The van der Waals surface area contributed by atoms with Crippen LogP contribution in [0.25, 0.3) is 28.1 Å². The molecule has 0 saturated carbocycles. The number of fused-ring (bicyclic) bond motifs is 3. The summed E-state index contributed by atoms with van der Waals surface area (Å²) in [7, 11) is 0. The van der Waals surface area contributed by atoms with Gasteiger partial charge in [-0.3, -0.25) is 4.40 Å². The number of aromatic nitrogens is 5. The number of rotatable bonds is 2. The molecule has 1 fully saturated rings. The Bertz CT molecular complexity index is 1150. The Kier molecular flexibility index (Phi) is 3.58. The topological polar surface area (TPSA) is 83.2 Å². The molecule has 0 N–H and O–H groups in total. The zero-order valence-electron chi connectivity index (χ0n) is 13.8. The highest BCUT2D eigenvalue weighted by atomic mass is 35.5. The number of benzene rings is 1. The summed E-state index contributed by atoms with van der Waals surface area (Å²) in [6.45, 7) is 1.74. The molecule has 1 atom stereocenters. The first kappa shape index (κ1) is 15.9. The van der Waals surface area contributed by atoms with Crippen molar-refractivity contribution < 1.29 is 9.25 Å². The molecule has 4 aromatic rings. The lowest BCUT2D eigenvalue weighted by Crippen LogP contribution is -2.32. The molecule has 0 spiro atoms. The molecule has 7 nitrogen and oxygen atoms in total. The molecule has 1 saturated heterocycles. The number of halogens is 1. The van der Waals surface area contributed by atoms with Crippen LogP contribution in [0.3, 0.4) is 0 Å². The highest BCUT2D eigenvalue weighted by molar-refractivity contribution is 7.99. The van der Waals surface area contributed by atoms with E-state index in [1.807, 2.05) is 28.3 Å². The highest BCUT2D eigenvalue weighted by Crippen LogP contribution is 2.39. The number of thioether (sulfide) groups is 1. The zero-order valence-corrected chi connectivity index (χ0v) is 15.4. The summed E-state index contributed by atoms with van der Waals surface area (Å²) in [5.74, 6) is 2.14. The van der Waals surface area contributed by atoms with Gasteiger partial charge < -0.3 is 9.73 Å². The number of nitrogens with zero attached hydrogens (tertiary/aromatic N) is 5. The molecule has 132 valence electrons. The van der Waals surface area contributed by atoms with E-state index in [1.165, 1.54) is 0 Å². The van der Waals surface area contributed by atoms with Gasteiger partial charge in [0.25, 0.3) is 5.52 Å². The van der Waals surface area contributed by atoms with Crippen LogP contribution in [0.1, 0.15) is 29.7 Å². The van der Waals surface area contributed by atoms with Crippen LogP contribution >= 0.6 is 23.4 Å². The Morgan fingerprint density at radius 2 is 2.31 bits per heavy atom. The lowest BCUT2D eigenvalue weighted by atomic mass is 10.2. The number of imidazole rings is 1. The van der Waals surface area contributed by atoms with E-state index in [2.05, 4.69) is 15.1 Å². The molecular formula is C17H14ClN5O2S. The van der Waals surface area contributed by atoms with E-state index in [4.69, 9.17) is 16.1 Å². The fourth-order valence-corrected chi connectivity index (χ4v) is 4.87. The molecule has 1 unspecified atom stereocenters. The van der Waals surface area contributed by atoms with Crippen molar-refractivity contribution in [3.05, 3.63) is 46.3 Å². The van der Waals surface area contributed by atoms with E-state index >= 15 is 0 Å². The van der Waals surface area contributed by atoms with Crippen molar-refractivity contribution in [1.82, 2.24) is 19.5 Å². The maximum absolute atomic E-state index is 12.8. The van der Waals surface area contributed by atoms with Gasteiger partial charge in [-0.05, 0) is 30.7 Å². The first-order valence-corrected chi connectivity index (χ1v) is 9.71. The van der Waals surface area contributed by atoms with Crippen LogP contribution in [0.5, 0.6) is 0 Å². The van der Waals surface area contributed by atoms with E-state index in [0.29, 0.717) is 44.7 Å². The average molecular weight is 388 g/mol. The van der Waals surface area contributed by atoms with Crippen LogP contribution < -0.4 is 4.73 Å². The monoisotopic (exact) mass is 387 g/mol. The molecule has 9 heteroatoms. The summed E-state index contributed by atoms with van der Waals surface area (Å²) < 4.78 is 8.15. The van der Waals surface area contributed by atoms with Gasteiger partial charge in [0.1, 0.15) is 28.1 Å². The minimum atomic E-state index is 0.246. The minimum Gasteiger partial charge on any atom is -0.618 e. The van der Waals surface area contributed by atoms with Crippen molar-refractivity contribution in [2.24, 2.45) is 0 Å². The second-order valence-electron chi connectivity index (χ2n) is 6.26. The minimum absolute atomic E-state index is 0.246. The van der Waals surface area contributed by atoms with Crippen molar-refractivity contribution in [2.45, 2.75) is 25.0 Å². The summed E-state index contributed by atoms with van der Waals surface area (Å²) in [6.07, 6.45) is 3.86. The Balaban J connectivity index is 1.74. The third kappa shape index (κ3) is 2.22. The van der Waals surface area contributed by atoms with E-state index < -0.39 is 0 Å². The normalized spacial score (nSPS) is 17.5. The fraction of sp³-hybridized carbons (Fsp3) is 0.294. The predicted molar refractivity (Wildman–Crippen MR) is 99.1 cm³/mol. The van der Waals surface area contributed by atoms with Crippen LogP contribution in [-0.2, 0) is 0 Å². The molecule has 26 heavy (non-hydrogen) atoms. The van der Waals surface area contributed by atoms with Crippen LogP contribution in [0.2, 0.25) is 5.02 Å². The molecule has 3 aromatic heterocycles. The average Bonchev–Trinajstić information content (AvgIpc) is 3.38. The Morgan fingerprint density at radius 1 is 1.42 bits per heavy atom. The summed E-state index contributed by atoms with van der Waals surface area (Å²) in [5.41, 5.74) is 2.77. The van der Waals surface area contributed by atoms with Crippen molar-refractivity contribution in [1.29, 1.82) is 0 Å². The first-order valence-electron chi connectivity index (χ1n) is 8.28. The van der Waals surface area contributed by atoms with Gasteiger partial charge >= 0.3 is 0 Å². The third-order valence-electron chi connectivity index (χ3n) is 4.70. The van der Waals surface area contributed by atoms with Crippen molar-refractivity contribution >= 4 is 39.9 Å². The Morgan fingerprint density at radius 3 is 3.12 bits per heavy atom. The van der Waals surface area contributed by atoms with E-state index in [1.54, 1.807) is 19.3 Å². The molecule has 1 aliphatic heterocycles. The van der Waals surface area contributed by atoms with Gasteiger partial charge in [-0.2, -0.15) is 9.71 Å². The van der Waals surface area contributed by atoms with Gasteiger partial charge in [0.2, 0.25) is 17.4 Å². The smallest absolute Gasteiger partial charge is 0.259 e. The second kappa shape index (κ2) is 5.85. The molecule has 0 amide bonds. The van der Waals surface area contributed by atoms with Crippen molar-refractivity contribution in [3.8, 4) is 11.5 Å². The van der Waals surface area contributed by atoms with E-state index in [-0.39, 0.29) is 5.25 Å². The maximum atomic E-state index is 12.8. The maximum Gasteiger partial charge on any atom is 0.259 e. The van der Waals surface area contributed by atoms with Crippen molar-refractivity contribution in [2.75, 3.05) is 5.75 Å². The molecule has 1 aliphatic rings. The molecule has 0 radical (unpaired) electrons. The Hall–Kier alpha value is -2.32. The lowest BCUT2D eigenvalue weighted by Gasteiger charge is -2.09. The summed E-state index contributed by atoms with van der Waals surface area (Å²) in [6, 6.07) is 5.35. The predicted octanol–water partition coefficient (Wildman–Crippen LogP) is 3.70. The van der Waals surface area contributed by atoms with Crippen LogP contribution in [-0.4, -0.2) is 25.3 Å². The number of aryl methyl sites for hydroxylation is 1. The summed E-state index contributed by atoms with van der Waals surface area (Å²) in [5, 5.41) is 17.5. The number of hydrogen-bond donors (Lipinski definition) is 0. The molecule has 1 aromatic carbocycles. The molecular weight excluding hydrogens is 374 g/mol. The Labute approximate surface area is 157 Å². The number of hydrogen-bond acceptors (Lipinski definition) is 6. The summed E-state index contributed by atoms with van der Waals surface area (Å²) >= 11 is 8.07. The van der Waals surface area contributed by atoms with Gasteiger partial charge in [-0.15, -0.1) is 11.8 Å². The summed E-state index contributed by atoms with van der Waals surface area (Å²) in [4.78, 5) is 9.00. The van der Waals surface area contributed by atoms with E-state index in [9.17, 15) is 5.21 Å². The lowest BCUT2D eigenvalue weighted by molar-refractivity contribution is -0.583. The quantitative estimate of drug-likeness (QED) is 0.385. The third-order valence-corrected chi connectivity index (χ3v) is 6.37. The van der Waals surface area contributed by atoms with Gasteiger partial charge in [0.15, 0.2) is 0 Å². The zero-order chi connectivity index (χ0) is 17.8. The standard InChI is InChI=1S/C17H14ClN5O2S/c1-9-14-13(16-20-17(25-21-16)12-6-3-7-26-12)19-8-22(14)11-5-2-4-10(18)15(11)23(9)24/h2,4-5,8,12H,3,6-7H2,1H3. The van der Waals surface area contributed by atoms with Gasteiger partial charge in [0, 0.05) is 6.92 Å². The van der Waals surface area contributed by atoms with Crippen LogP contribution in [0.4, 0.5) is 0 Å². The molecule has 5 rings (SSSR count). The van der Waals surface area contributed by atoms with Gasteiger partial charge in [0.05, 0.1) is 5.25 Å². The first-order chi connectivity index (χ1) is 12.6. The fourth-order valence-electron chi connectivity index (χ4n) is 3.44. The van der Waals surface area contributed by atoms with Crippen LogP contribution in [0.15, 0.2) is 29.0 Å².